The predicted octanol–water partition coefficient (Wildman–Crippen LogP) is 3.43. The van der Waals surface area contributed by atoms with E-state index in [0.717, 1.165) is 25.1 Å². The van der Waals surface area contributed by atoms with E-state index in [1.807, 2.05) is 6.26 Å². The summed E-state index contributed by atoms with van der Waals surface area (Å²) in [6.45, 7) is 4.95. The summed E-state index contributed by atoms with van der Waals surface area (Å²) in [4.78, 5) is 16.4. The van der Waals surface area contributed by atoms with Crippen molar-refractivity contribution in [3.8, 4) is 0 Å². The highest BCUT2D eigenvalue weighted by Gasteiger charge is 2.15. The molecule has 0 aliphatic carbocycles. The first-order valence-corrected chi connectivity index (χ1v) is 8.58. The summed E-state index contributed by atoms with van der Waals surface area (Å²) in [6.07, 6.45) is 5.44. The number of anilines is 1. The highest BCUT2D eigenvalue weighted by atomic mass is 35.5. The van der Waals surface area contributed by atoms with Crippen molar-refractivity contribution in [2.24, 2.45) is 0 Å². The first-order valence-electron chi connectivity index (χ1n) is 6.81. The summed E-state index contributed by atoms with van der Waals surface area (Å²) in [7, 11) is 0. The van der Waals surface area contributed by atoms with E-state index >= 15 is 0 Å². The quantitative estimate of drug-likeness (QED) is 0.771. The average molecular weight is 316 g/mol. The summed E-state index contributed by atoms with van der Waals surface area (Å²) in [5.41, 5.74) is 0.472. The number of amides is 1. The monoisotopic (exact) mass is 315 g/mol. The van der Waals surface area contributed by atoms with E-state index in [9.17, 15) is 4.79 Å². The van der Waals surface area contributed by atoms with Crippen molar-refractivity contribution in [1.82, 2.24) is 10.3 Å². The molecule has 1 heterocycles. The van der Waals surface area contributed by atoms with Crippen LogP contribution in [0.2, 0.25) is 5.02 Å². The van der Waals surface area contributed by atoms with Crippen LogP contribution in [-0.4, -0.2) is 35.5 Å². The van der Waals surface area contributed by atoms with E-state index < -0.39 is 0 Å². The number of carbonyl (C=O) groups is 1. The predicted molar refractivity (Wildman–Crippen MR) is 88.0 cm³/mol. The molecular weight excluding hydrogens is 294 g/mol. The van der Waals surface area contributed by atoms with Gasteiger partial charge in [0.25, 0.3) is 5.91 Å². The van der Waals surface area contributed by atoms with Crippen molar-refractivity contribution in [1.29, 1.82) is 0 Å². The van der Waals surface area contributed by atoms with Gasteiger partial charge in [-0.25, -0.2) is 4.98 Å². The third-order valence-corrected chi connectivity index (χ3v) is 3.89. The third-order valence-electron chi connectivity index (χ3n) is 2.85. The van der Waals surface area contributed by atoms with Gasteiger partial charge in [0.2, 0.25) is 0 Å². The zero-order chi connectivity index (χ0) is 15.0. The van der Waals surface area contributed by atoms with Crippen molar-refractivity contribution in [3.05, 3.63) is 22.8 Å². The molecule has 0 fully saturated rings. The van der Waals surface area contributed by atoms with Crippen LogP contribution in [0.25, 0.3) is 0 Å². The third kappa shape index (κ3) is 5.21. The Morgan fingerprint density at radius 1 is 1.50 bits per heavy atom. The number of thioether (sulfide) groups is 1. The standard InChI is InChI=1S/C14H22ClN3OS/c1-4-6-16-13-7-11(12(15)8-17-13)14(19)18-10(5-2)9-20-3/h7-8,10H,4-6,9H2,1-3H3,(H,16,17)(H,18,19). The van der Waals surface area contributed by atoms with Gasteiger partial charge in [-0.15, -0.1) is 0 Å². The first kappa shape index (κ1) is 17.1. The zero-order valence-corrected chi connectivity index (χ0v) is 13.8. The summed E-state index contributed by atoms with van der Waals surface area (Å²) in [5.74, 6) is 1.43. The lowest BCUT2D eigenvalue weighted by atomic mass is 10.2. The topological polar surface area (TPSA) is 54.0 Å². The molecule has 0 aliphatic heterocycles. The van der Waals surface area contributed by atoms with Crippen LogP contribution in [0.4, 0.5) is 5.82 Å². The van der Waals surface area contributed by atoms with Crippen molar-refractivity contribution in [2.75, 3.05) is 23.9 Å². The van der Waals surface area contributed by atoms with E-state index in [2.05, 4.69) is 29.5 Å². The minimum Gasteiger partial charge on any atom is -0.370 e. The summed E-state index contributed by atoms with van der Waals surface area (Å²) in [5, 5.41) is 6.54. The number of hydrogen-bond donors (Lipinski definition) is 2. The molecule has 1 aromatic rings. The summed E-state index contributed by atoms with van der Waals surface area (Å²) < 4.78 is 0. The maximum absolute atomic E-state index is 12.3. The molecule has 0 spiro atoms. The Balaban J connectivity index is 2.80. The number of rotatable bonds is 8. The van der Waals surface area contributed by atoms with Crippen LogP contribution in [0.5, 0.6) is 0 Å². The molecule has 0 aliphatic rings. The van der Waals surface area contributed by atoms with Gasteiger partial charge in [-0.1, -0.05) is 25.4 Å². The van der Waals surface area contributed by atoms with Gasteiger partial charge in [-0.05, 0) is 25.2 Å². The molecule has 1 unspecified atom stereocenters. The smallest absolute Gasteiger partial charge is 0.253 e. The van der Waals surface area contributed by atoms with E-state index in [4.69, 9.17) is 11.6 Å². The van der Waals surface area contributed by atoms with E-state index in [1.54, 1.807) is 17.8 Å². The lowest BCUT2D eigenvalue weighted by Gasteiger charge is -2.16. The second kappa shape index (κ2) is 9.08. The van der Waals surface area contributed by atoms with E-state index in [1.165, 1.54) is 6.20 Å². The number of carbonyl (C=O) groups excluding carboxylic acids is 1. The molecule has 4 nitrogen and oxygen atoms in total. The van der Waals surface area contributed by atoms with Gasteiger partial charge in [0.05, 0.1) is 10.6 Å². The Kier molecular flexibility index (Phi) is 7.77. The van der Waals surface area contributed by atoms with Gasteiger partial charge in [0.1, 0.15) is 5.82 Å². The molecule has 0 radical (unpaired) electrons. The average Bonchev–Trinajstić information content (AvgIpc) is 2.45. The zero-order valence-electron chi connectivity index (χ0n) is 12.2. The van der Waals surface area contributed by atoms with Crippen LogP contribution in [0.1, 0.15) is 37.0 Å². The number of aromatic nitrogens is 1. The van der Waals surface area contributed by atoms with Crippen LogP contribution in [0.3, 0.4) is 0 Å². The lowest BCUT2D eigenvalue weighted by molar-refractivity contribution is 0.0940. The van der Waals surface area contributed by atoms with Crippen LogP contribution < -0.4 is 10.6 Å². The minimum atomic E-state index is -0.141. The second-order valence-electron chi connectivity index (χ2n) is 4.51. The van der Waals surface area contributed by atoms with Crippen LogP contribution >= 0.6 is 23.4 Å². The Labute approximate surface area is 130 Å². The van der Waals surface area contributed by atoms with Crippen molar-refractivity contribution >= 4 is 35.1 Å². The first-order chi connectivity index (χ1) is 9.62. The number of halogens is 1. The normalized spacial score (nSPS) is 12.0. The second-order valence-corrected chi connectivity index (χ2v) is 5.83. The summed E-state index contributed by atoms with van der Waals surface area (Å²) in [6, 6.07) is 1.87. The molecule has 6 heteroatoms. The Hall–Kier alpha value is -0.940. The molecule has 0 aromatic carbocycles. The minimum absolute atomic E-state index is 0.141. The number of pyridine rings is 1. The Morgan fingerprint density at radius 3 is 2.85 bits per heavy atom. The Bertz CT molecular complexity index is 442. The molecule has 0 bridgehead atoms. The fraction of sp³-hybridized carbons (Fsp3) is 0.571. The number of nitrogens with zero attached hydrogens (tertiary/aromatic N) is 1. The van der Waals surface area contributed by atoms with Gasteiger partial charge in [-0.2, -0.15) is 11.8 Å². The van der Waals surface area contributed by atoms with Crippen LogP contribution in [-0.2, 0) is 0 Å². The highest BCUT2D eigenvalue weighted by molar-refractivity contribution is 7.98. The van der Waals surface area contributed by atoms with Gasteiger partial charge >= 0.3 is 0 Å². The lowest BCUT2D eigenvalue weighted by Crippen LogP contribution is -2.36. The molecule has 1 aromatic heterocycles. The van der Waals surface area contributed by atoms with Gasteiger partial charge < -0.3 is 10.6 Å². The SMILES string of the molecule is CCCNc1cc(C(=O)NC(CC)CSC)c(Cl)cn1. The molecule has 0 saturated carbocycles. The molecule has 1 rings (SSSR count). The molecule has 1 amide bonds. The highest BCUT2D eigenvalue weighted by Crippen LogP contribution is 2.18. The summed E-state index contributed by atoms with van der Waals surface area (Å²) >= 11 is 7.79. The molecule has 20 heavy (non-hydrogen) atoms. The van der Waals surface area contributed by atoms with Crippen molar-refractivity contribution < 1.29 is 4.79 Å². The maximum atomic E-state index is 12.3. The van der Waals surface area contributed by atoms with Crippen molar-refractivity contribution in [3.63, 3.8) is 0 Å². The number of hydrogen-bond acceptors (Lipinski definition) is 4. The maximum Gasteiger partial charge on any atom is 0.253 e. The molecule has 1 atom stereocenters. The Morgan fingerprint density at radius 2 is 2.25 bits per heavy atom. The van der Waals surface area contributed by atoms with Gasteiger partial charge in [0.15, 0.2) is 0 Å². The number of nitrogens with one attached hydrogen (secondary N) is 2. The molecule has 0 saturated heterocycles. The van der Waals surface area contributed by atoms with Crippen LogP contribution in [0.15, 0.2) is 12.3 Å². The van der Waals surface area contributed by atoms with Crippen LogP contribution in [0, 0.1) is 0 Å². The molecular formula is C14H22ClN3OS. The van der Waals surface area contributed by atoms with Crippen molar-refractivity contribution in [2.45, 2.75) is 32.7 Å². The fourth-order valence-corrected chi connectivity index (χ4v) is 2.60. The molecule has 112 valence electrons. The largest absolute Gasteiger partial charge is 0.370 e. The van der Waals surface area contributed by atoms with Gasteiger partial charge in [0, 0.05) is 24.5 Å². The van der Waals surface area contributed by atoms with E-state index in [-0.39, 0.29) is 11.9 Å². The fourth-order valence-electron chi connectivity index (χ4n) is 1.69. The molecule has 2 N–H and O–H groups in total. The van der Waals surface area contributed by atoms with E-state index in [0.29, 0.717) is 16.4 Å². The van der Waals surface area contributed by atoms with Gasteiger partial charge in [-0.3, -0.25) is 4.79 Å².